The number of amides is 1. The molecule has 1 rings (SSSR count). The van der Waals surface area contributed by atoms with Gasteiger partial charge >= 0.3 is 0 Å². The van der Waals surface area contributed by atoms with Gasteiger partial charge in [0.1, 0.15) is 24.1 Å². The number of anilines is 1. The number of aliphatic hydroxyl groups excluding tert-OH is 5. The fourth-order valence-corrected chi connectivity index (χ4v) is 1.45. The van der Waals surface area contributed by atoms with Gasteiger partial charge in [0.15, 0.2) is 6.10 Å². The van der Waals surface area contributed by atoms with Crippen LogP contribution in [0.5, 0.6) is 0 Å². The minimum Gasteiger partial charge on any atom is -0.394 e. The number of hydrogen-bond acceptors (Lipinski definition) is 6. The Balaban J connectivity index is 2.70. The number of rotatable bonds is 6. The largest absolute Gasteiger partial charge is 0.394 e. The van der Waals surface area contributed by atoms with Crippen molar-refractivity contribution in [2.24, 2.45) is 0 Å². The van der Waals surface area contributed by atoms with E-state index < -0.39 is 42.7 Å². The number of benzene rings is 1. The maximum Gasteiger partial charge on any atom is 0.256 e. The first-order valence-electron chi connectivity index (χ1n) is 5.77. The molecular weight excluding hydrogens is 273 g/mol. The summed E-state index contributed by atoms with van der Waals surface area (Å²) < 4.78 is 13.3. The van der Waals surface area contributed by atoms with Crippen LogP contribution in [0.3, 0.4) is 0 Å². The third kappa shape index (κ3) is 3.95. The molecule has 7 nitrogen and oxygen atoms in total. The Hall–Kier alpha value is -1.58. The third-order valence-electron chi connectivity index (χ3n) is 2.66. The van der Waals surface area contributed by atoms with Gasteiger partial charge in [-0.15, -0.1) is 0 Å². The highest BCUT2D eigenvalue weighted by Gasteiger charge is 2.34. The molecule has 0 aromatic heterocycles. The molecule has 20 heavy (non-hydrogen) atoms. The number of nitrogens with one attached hydrogen (secondary N) is 1. The Bertz CT molecular complexity index is 457. The molecule has 0 saturated carbocycles. The second-order valence-corrected chi connectivity index (χ2v) is 4.15. The molecule has 0 aliphatic carbocycles. The summed E-state index contributed by atoms with van der Waals surface area (Å²) in [5.74, 6) is -1.90. The van der Waals surface area contributed by atoms with E-state index in [0.717, 1.165) is 6.07 Å². The quantitative estimate of drug-likeness (QED) is 0.366. The summed E-state index contributed by atoms with van der Waals surface area (Å²) in [5.41, 5.74) is -0.207. The molecule has 8 heteroatoms. The van der Waals surface area contributed by atoms with E-state index in [-0.39, 0.29) is 5.69 Å². The maximum atomic E-state index is 13.3. The molecule has 0 aliphatic heterocycles. The molecule has 0 radical (unpaired) electrons. The maximum absolute atomic E-state index is 13.3. The molecule has 1 aromatic rings. The first-order chi connectivity index (χ1) is 9.38. The Morgan fingerprint density at radius 1 is 1.15 bits per heavy atom. The van der Waals surface area contributed by atoms with Crippen molar-refractivity contribution < 1.29 is 34.7 Å². The summed E-state index contributed by atoms with van der Waals surface area (Å²) in [4.78, 5) is 11.6. The van der Waals surface area contributed by atoms with Crippen molar-refractivity contribution in [2.75, 3.05) is 11.9 Å². The van der Waals surface area contributed by atoms with Crippen LogP contribution in [0, 0.1) is 5.82 Å². The molecule has 0 unspecified atom stereocenters. The van der Waals surface area contributed by atoms with E-state index in [1.165, 1.54) is 18.2 Å². The summed E-state index contributed by atoms with van der Waals surface area (Å²) >= 11 is 0. The Labute approximate surface area is 113 Å². The van der Waals surface area contributed by atoms with Gasteiger partial charge in [0.05, 0.1) is 12.3 Å². The van der Waals surface area contributed by atoms with E-state index in [9.17, 15) is 24.5 Å². The van der Waals surface area contributed by atoms with Crippen molar-refractivity contribution >= 4 is 11.6 Å². The third-order valence-corrected chi connectivity index (χ3v) is 2.66. The molecule has 0 bridgehead atoms. The molecule has 0 spiro atoms. The molecule has 112 valence electrons. The predicted molar refractivity (Wildman–Crippen MR) is 66.1 cm³/mol. The van der Waals surface area contributed by atoms with Gasteiger partial charge in [-0.3, -0.25) is 4.79 Å². The number of carbonyl (C=O) groups is 1. The topological polar surface area (TPSA) is 130 Å². The second-order valence-electron chi connectivity index (χ2n) is 4.15. The van der Waals surface area contributed by atoms with Crippen molar-refractivity contribution in [2.45, 2.75) is 24.4 Å². The molecule has 0 aliphatic rings. The second kappa shape index (κ2) is 7.27. The molecular formula is C12H16FNO6. The summed E-state index contributed by atoms with van der Waals surface area (Å²) in [6.07, 6.45) is -7.79. The minimum atomic E-state index is -2.11. The first kappa shape index (κ1) is 16.5. The monoisotopic (exact) mass is 289 g/mol. The van der Waals surface area contributed by atoms with E-state index in [1.54, 1.807) is 0 Å². The zero-order valence-corrected chi connectivity index (χ0v) is 10.3. The highest BCUT2D eigenvalue weighted by molar-refractivity contribution is 5.94. The standard InChI is InChI=1S/C12H16FNO6/c13-6-3-1-2-4-7(6)14-12(20)11(19)10(18)9(17)8(16)5-15/h1-4,8-11,15-19H,5H2,(H,14,20)/t8-,9-,10+,11-/m1/s1. The van der Waals surface area contributed by atoms with E-state index in [4.69, 9.17) is 10.2 Å². The highest BCUT2D eigenvalue weighted by Crippen LogP contribution is 2.14. The number of para-hydroxylation sites is 1. The van der Waals surface area contributed by atoms with Crippen molar-refractivity contribution in [3.63, 3.8) is 0 Å². The lowest BCUT2D eigenvalue weighted by atomic mass is 10.0. The van der Waals surface area contributed by atoms with Gasteiger partial charge in [-0.25, -0.2) is 4.39 Å². The van der Waals surface area contributed by atoms with Crippen molar-refractivity contribution in [1.82, 2.24) is 0 Å². The molecule has 6 N–H and O–H groups in total. The number of hydrogen-bond donors (Lipinski definition) is 6. The van der Waals surface area contributed by atoms with Crippen molar-refractivity contribution in [3.8, 4) is 0 Å². The van der Waals surface area contributed by atoms with E-state index in [0.29, 0.717) is 0 Å². The molecule has 4 atom stereocenters. The van der Waals surface area contributed by atoms with Crippen LogP contribution in [0.25, 0.3) is 0 Å². The van der Waals surface area contributed by atoms with Crippen molar-refractivity contribution in [1.29, 1.82) is 0 Å². The fourth-order valence-electron chi connectivity index (χ4n) is 1.45. The molecule has 0 saturated heterocycles. The average molecular weight is 289 g/mol. The van der Waals surface area contributed by atoms with E-state index in [1.807, 2.05) is 5.32 Å². The number of carbonyl (C=O) groups excluding carboxylic acids is 1. The Kier molecular flexibility index (Phi) is 5.99. The van der Waals surface area contributed by atoms with Gasteiger partial charge in [0, 0.05) is 0 Å². The van der Waals surface area contributed by atoms with Crippen LogP contribution in [0.4, 0.5) is 10.1 Å². The van der Waals surface area contributed by atoms with Crippen LogP contribution >= 0.6 is 0 Å². The van der Waals surface area contributed by atoms with Gasteiger partial charge in [-0.05, 0) is 12.1 Å². The molecule has 0 fully saturated rings. The minimum absolute atomic E-state index is 0.207. The highest BCUT2D eigenvalue weighted by atomic mass is 19.1. The summed E-state index contributed by atoms with van der Waals surface area (Å²) in [7, 11) is 0. The normalized spacial score (nSPS) is 17.1. The van der Waals surface area contributed by atoms with Crippen LogP contribution in [0.2, 0.25) is 0 Å². The van der Waals surface area contributed by atoms with Gasteiger partial charge < -0.3 is 30.8 Å². The number of halogens is 1. The zero-order chi connectivity index (χ0) is 15.3. The van der Waals surface area contributed by atoms with Gasteiger partial charge in [-0.1, -0.05) is 12.1 Å². The van der Waals surface area contributed by atoms with E-state index in [2.05, 4.69) is 0 Å². The lowest BCUT2D eigenvalue weighted by Gasteiger charge is -2.24. The van der Waals surface area contributed by atoms with E-state index >= 15 is 0 Å². The molecule has 1 amide bonds. The first-order valence-corrected chi connectivity index (χ1v) is 5.77. The molecule has 0 heterocycles. The van der Waals surface area contributed by atoms with Crippen LogP contribution in [-0.2, 0) is 4.79 Å². The Morgan fingerprint density at radius 2 is 1.75 bits per heavy atom. The van der Waals surface area contributed by atoms with Gasteiger partial charge in [0.2, 0.25) is 0 Å². The molecule has 1 aromatic carbocycles. The smallest absolute Gasteiger partial charge is 0.256 e. The summed E-state index contributed by atoms with van der Waals surface area (Å²) in [5, 5.41) is 48.1. The lowest BCUT2D eigenvalue weighted by Crippen LogP contribution is -2.50. The summed E-state index contributed by atoms with van der Waals surface area (Å²) in [6.45, 7) is -0.861. The van der Waals surface area contributed by atoms with Crippen molar-refractivity contribution in [3.05, 3.63) is 30.1 Å². The number of aliphatic hydroxyl groups is 5. The average Bonchev–Trinajstić information content (AvgIpc) is 2.46. The van der Waals surface area contributed by atoms with Gasteiger partial charge in [0.25, 0.3) is 5.91 Å². The zero-order valence-electron chi connectivity index (χ0n) is 10.3. The SMILES string of the molecule is O=C(Nc1ccccc1F)[C@H](O)[C@@H](O)[C@H](O)[C@H](O)CO. The van der Waals surface area contributed by atoms with Gasteiger partial charge in [-0.2, -0.15) is 0 Å². The summed E-state index contributed by atoms with van der Waals surface area (Å²) in [6, 6.07) is 5.18. The van der Waals surface area contributed by atoms with Crippen LogP contribution in [-0.4, -0.2) is 62.5 Å². The van der Waals surface area contributed by atoms with Crippen LogP contribution in [0.15, 0.2) is 24.3 Å². The fraction of sp³-hybridized carbons (Fsp3) is 0.417. The Morgan fingerprint density at radius 3 is 2.30 bits per heavy atom. The van der Waals surface area contributed by atoms with Crippen LogP contribution < -0.4 is 5.32 Å². The van der Waals surface area contributed by atoms with Crippen LogP contribution in [0.1, 0.15) is 0 Å². The predicted octanol–water partition coefficient (Wildman–Crippen LogP) is -1.80. The lowest BCUT2D eigenvalue weighted by molar-refractivity contribution is -0.144.